The van der Waals surface area contributed by atoms with E-state index in [4.69, 9.17) is 0 Å². The van der Waals surface area contributed by atoms with Gasteiger partial charge in [0.25, 0.3) is 11.8 Å². The number of hydrogen-bond acceptors (Lipinski definition) is 2. The Balaban J connectivity index is 1.63. The van der Waals surface area contributed by atoms with Gasteiger partial charge in [0, 0.05) is 37.3 Å². The molecule has 0 atom stereocenters. The number of benzene rings is 2. The fourth-order valence-electron chi connectivity index (χ4n) is 2.80. The Hall–Kier alpha value is -2.76. The van der Waals surface area contributed by atoms with E-state index in [1.54, 1.807) is 21.9 Å². The lowest BCUT2D eigenvalue weighted by atomic mass is 10.1. The summed E-state index contributed by atoms with van der Waals surface area (Å²) in [5.74, 6) is -2.45. The van der Waals surface area contributed by atoms with E-state index in [1.165, 1.54) is 6.07 Å². The number of halogens is 2. The van der Waals surface area contributed by atoms with Crippen molar-refractivity contribution in [1.82, 2.24) is 9.80 Å². The first-order valence-corrected chi connectivity index (χ1v) is 8.06. The van der Waals surface area contributed by atoms with Gasteiger partial charge in [-0.2, -0.15) is 0 Å². The molecule has 0 saturated carbocycles. The van der Waals surface area contributed by atoms with Crippen LogP contribution in [0.3, 0.4) is 0 Å². The average molecular weight is 344 g/mol. The second-order valence-electron chi connectivity index (χ2n) is 6.08. The van der Waals surface area contributed by atoms with Crippen molar-refractivity contribution in [1.29, 1.82) is 0 Å². The first-order chi connectivity index (χ1) is 12.0. The third-order valence-corrected chi connectivity index (χ3v) is 4.32. The molecule has 130 valence electrons. The van der Waals surface area contributed by atoms with Gasteiger partial charge < -0.3 is 9.80 Å². The summed E-state index contributed by atoms with van der Waals surface area (Å²) in [5.41, 5.74) is 1.81. The number of carbonyl (C=O) groups excluding carboxylic acids is 2. The molecule has 0 aromatic heterocycles. The Labute approximate surface area is 144 Å². The van der Waals surface area contributed by atoms with Gasteiger partial charge in [-0.3, -0.25) is 9.59 Å². The van der Waals surface area contributed by atoms with Gasteiger partial charge >= 0.3 is 0 Å². The van der Waals surface area contributed by atoms with E-state index in [2.05, 4.69) is 0 Å². The zero-order chi connectivity index (χ0) is 18.0. The van der Waals surface area contributed by atoms with Crippen LogP contribution in [0.4, 0.5) is 8.78 Å². The Kier molecular flexibility index (Phi) is 4.79. The summed E-state index contributed by atoms with van der Waals surface area (Å²) in [5, 5.41) is 0. The minimum Gasteiger partial charge on any atom is -0.335 e. The van der Waals surface area contributed by atoms with Gasteiger partial charge in [0.05, 0.1) is 0 Å². The molecule has 0 N–H and O–H groups in total. The van der Waals surface area contributed by atoms with Crippen LogP contribution in [-0.2, 0) is 0 Å². The van der Waals surface area contributed by atoms with Gasteiger partial charge in [-0.15, -0.1) is 0 Å². The Morgan fingerprint density at radius 2 is 1.24 bits per heavy atom. The SMILES string of the molecule is Cc1ccc(C(=O)N2CCN(C(=O)c3ccc(F)c(F)c3)CC2)cc1. The topological polar surface area (TPSA) is 40.6 Å². The maximum absolute atomic E-state index is 13.3. The van der Waals surface area contributed by atoms with Gasteiger partial charge in [-0.25, -0.2) is 8.78 Å². The first kappa shape index (κ1) is 17.1. The van der Waals surface area contributed by atoms with E-state index in [0.717, 1.165) is 17.7 Å². The predicted molar refractivity (Wildman–Crippen MR) is 89.3 cm³/mol. The van der Waals surface area contributed by atoms with Crippen LogP contribution in [0, 0.1) is 18.6 Å². The molecule has 4 nitrogen and oxygen atoms in total. The minimum atomic E-state index is -1.04. The van der Waals surface area contributed by atoms with Crippen LogP contribution in [0.1, 0.15) is 26.3 Å². The number of amides is 2. The van der Waals surface area contributed by atoms with E-state index in [1.807, 2.05) is 19.1 Å². The van der Waals surface area contributed by atoms with Crippen LogP contribution >= 0.6 is 0 Å². The van der Waals surface area contributed by atoms with Crippen molar-refractivity contribution in [3.63, 3.8) is 0 Å². The number of rotatable bonds is 2. The summed E-state index contributed by atoms with van der Waals surface area (Å²) < 4.78 is 26.3. The second-order valence-corrected chi connectivity index (χ2v) is 6.08. The number of nitrogens with zero attached hydrogens (tertiary/aromatic N) is 2. The molecule has 0 radical (unpaired) electrons. The van der Waals surface area contributed by atoms with Crippen LogP contribution in [-0.4, -0.2) is 47.8 Å². The van der Waals surface area contributed by atoms with Crippen LogP contribution in [0.2, 0.25) is 0 Å². The molecule has 1 aliphatic rings. The summed E-state index contributed by atoms with van der Waals surface area (Å²) in [6.07, 6.45) is 0. The molecular formula is C19H18F2N2O2. The summed E-state index contributed by atoms with van der Waals surface area (Å²) in [7, 11) is 0. The summed E-state index contributed by atoms with van der Waals surface area (Å²) in [4.78, 5) is 28.1. The zero-order valence-electron chi connectivity index (χ0n) is 13.8. The first-order valence-electron chi connectivity index (χ1n) is 8.06. The monoisotopic (exact) mass is 344 g/mol. The number of piperazine rings is 1. The van der Waals surface area contributed by atoms with Crippen molar-refractivity contribution in [3.05, 3.63) is 70.8 Å². The molecular weight excluding hydrogens is 326 g/mol. The third kappa shape index (κ3) is 3.68. The molecule has 6 heteroatoms. The largest absolute Gasteiger partial charge is 0.335 e. The van der Waals surface area contributed by atoms with E-state index in [-0.39, 0.29) is 17.4 Å². The van der Waals surface area contributed by atoms with Crippen molar-refractivity contribution in [2.24, 2.45) is 0 Å². The minimum absolute atomic E-state index is 0.0695. The van der Waals surface area contributed by atoms with Crippen LogP contribution in [0.15, 0.2) is 42.5 Å². The summed E-state index contributed by atoms with van der Waals surface area (Å²) in [6, 6.07) is 10.5. The number of hydrogen-bond donors (Lipinski definition) is 0. The summed E-state index contributed by atoms with van der Waals surface area (Å²) >= 11 is 0. The highest BCUT2D eigenvalue weighted by atomic mass is 19.2. The molecule has 2 aromatic carbocycles. The molecule has 2 aromatic rings. The highest BCUT2D eigenvalue weighted by Gasteiger charge is 2.25. The quantitative estimate of drug-likeness (QED) is 0.841. The van der Waals surface area contributed by atoms with Gasteiger partial charge in [0.2, 0.25) is 0 Å². The Morgan fingerprint density at radius 3 is 1.76 bits per heavy atom. The normalized spacial score (nSPS) is 14.5. The number of aryl methyl sites for hydroxylation is 1. The predicted octanol–water partition coefficient (Wildman–Crippen LogP) is 2.87. The molecule has 1 saturated heterocycles. The third-order valence-electron chi connectivity index (χ3n) is 4.32. The van der Waals surface area contributed by atoms with Gasteiger partial charge in [-0.1, -0.05) is 17.7 Å². The van der Waals surface area contributed by atoms with Crippen molar-refractivity contribution < 1.29 is 18.4 Å². The van der Waals surface area contributed by atoms with Crippen molar-refractivity contribution >= 4 is 11.8 Å². The average Bonchev–Trinajstić information content (AvgIpc) is 2.63. The molecule has 1 fully saturated rings. The maximum Gasteiger partial charge on any atom is 0.254 e. The highest BCUT2D eigenvalue weighted by Crippen LogP contribution is 2.14. The lowest BCUT2D eigenvalue weighted by Gasteiger charge is -2.35. The molecule has 0 unspecified atom stereocenters. The lowest BCUT2D eigenvalue weighted by molar-refractivity contribution is 0.0535. The van der Waals surface area contributed by atoms with Crippen LogP contribution < -0.4 is 0 Å². The number of carbonyl (C=O) groups is 2. The fourth-order valence-corrected chi connectivity index (χ4v) is 2.80. The Morgan fingerprint density at radius 1 is 0.760 bits per heavy atom. The summed E-state index contributed by atoms with van der Waals surface area (Å²) in [6.45, 7) is 3.48. The smallest absolute Gasteiger partial charge is 0.254 e. The van der Waals surface area contributed by atoms with Crippen LogP contribution in [0.5, 0.6) is 0 Å². The van der Waals surface area contributed by atoms with Gasteiger partial charge in [0.1, 0.15) is 0 Å². The van der Waals surface area contributed by atoms with E-state index < -0.39 is 11.6 Å². The fraction of sp³-hybridized carbons (Fsp3) is 0.263. The molecule has 1 heterocycles. The van der Waals surface area contributed by atoms with E-state index in [0.29, 0.717) is 31.7 Å². The van der Waals surface area contributed by atoms with Gasteiger partial charge in [-0.05, 0) is 37.3 Å². The second kappa shape index (κ2) is 7.01. The molecule has 3 rings (SSSR count). The standard InChI is InChI=1S/C19H18F2N2O2/c1-13-2-4-14(5-3-13)18(24)22-8-10-23(11-9-22)19(25)15-6-7-16(20)17(21)12-15/h2-7,12H,8-11H2,1H3. The van der Waals surface area contributed by atoms with Gasteiger partial charge in [0.15, 0.2) is 11.6 Å². The van der Waals surface area contributed by atoms with Crippen molar-refractivity contribution in [2.75, 3.05) is 26.2 Å². The van der Waals surface area contributed by atoms with Crippen LogP contribution in [0.25, 0.3) is 0 Å². The molecule has 2 amide bonds. The van der Waals surface area contributed by atoms with Crippen molar-refractivity contribution in [3.8, 4) is 0 Å². The van der Waals surface area contributed by atoms with E-state index in [9.17, 15) is 18.4 Å². The molecule has 1 aliphatic heterocycles. The molecule has 0 aliphatic carbocycles. The molecule has 0 spiro atoms. The lowest BCUT2D eigenvalue weighted by Crippen LogP contribution is -2.50. The van der Waals surface area contributed by atoms with Crippen molar-refractivity contribution in [2.45, 2.75) is 6.92 Å². The zero-order valence-corrected chi connectivity index (χ0v) is 13.8. The molecule has 0 bridgehead atoms. The Bertz CT molecular complexity index is 798. The maximum atomic E-state index is 13.3. The van der Waals surface area contributed by atoms with E-state index >= 15 is 0 Å². The molecule has 25 heavy (non-hydrogen) atoms. The highest BCUT2D eigenvalue weighted by molar-refractivity contribution is 5.96.